The van der Waals surface area contributed by atoms with E-state index in [2.05, 4.69) is 6.92 Å². The fourth-order valence-electron chi connectivity index (χ4n) is 0.582. The normalized spacial score (nSPS) is 11.7. The summed E-state index contributed by atoms with van der Waals surface area (Å²) in [6, 6.07) is 0. The summed E-state index contributed by atoms with van der Waals surface area (Å²) < 4.78 is 5.22. The standard InChI is InChI=1S/C9H18O2/c1-3-9(2)8-11-7-5-4-6-10/h8,10H,3-7H2,1-2H3. The summed E-state index contributed by atoms with van der Waals surface area (Å²) in [6.45, 7) is 5.13. The molecule has 0 amide bonds. The first-order valence-electron chi connectivity index (χ1n) is 4.19. The molecule has 11 heavy (non-hydrogen) atoms. The van der Waals surface area contributed by atoms with E-state index in [1.807, 2.05) is 6.92 Å². The molecule has 0 aromatic rings. The van der Waals surface area contributed by atoms with Crippen LogP contribution in [0.25, 0.3) is 0 Å². The highest BCUT2D eigenvalue weighted by Crippen LogP contribution is 1.98. The van der Waals surface area contributed by atoms with Crippen molar-refractivity contribution in [1.82, 2.24) is 0 Å². The summed E-state index contributed by atoms with van der Waals surface area (Å²) in [6.07, 6.45) is 4.61. The first-order chi connectivity index (χ1) is 5.31. The molecule has 0 heterocycles. The van der Waals surface area contributed by atoms with E-state index < -0.39 is 0 Å². The van der Waals surface area contributed by atoms with Gasteiger partial charge in [0.1, 0.15) is 0 Å². The van der Waals surface area contributed by atoms with Crippen molar-refractivity contribution in [2.75, 3.05) is 13.2 Å². The van der Waals surface area contributed by atoms with Gasteiger partial charge in [-0.2, -0.15) is 0 Å². The average molecular weight is 158 g/mol. The molecule has 0 radical (unpaired) electrons. The molecule has 0 unspecified atom stereocenters. The number of hydrogen-bond donors (Lipinski definition) is 1. The number of allylic oxidation sites excluding steroid dienone is 1. The van der Waals surface area contributed by atoms with Gasteiger partial charge in [-0.1, -0.05) is 6.92 Å². The molecule has 0 saturated heterocycles. The maximum atomic E-state index is 8.45. The van der Waals surface area contributed by atoms with Gasteiger partial charge in [-0.3, -0.25) is 0 Å². The Bertz CT molecular complexity index is 108. The summed E-state index contributed by atoms with van der Waals surface area (Å²) in [5.74, 6) is 0. The zero-order chi connectivity index (χ0) is 8.53. The molecular weight excluding hydrogens is 140 g/mol. The second kappa shape index (κ2) is 7.61. The van der Waals surface area contributed by atoms with Gasteiger partial charge in [0.15, 0.2) is 0 Å². The van der Waals surface area contributed by atoms with Crippen molar-refractivity contribution in [3.8, 4) is 0 Å². The van der Waals surface area contributed by atoms with Crippen LogP contribution < -0.4 is 0 Å². The molecule has 2 heteroatoms. The van der Waals surface area contributed by atoms with Gasteiger partial charge in [-0.15, -0.1) is 0 Å². The van der Waals surface area contributed by atoms with Crippen molar-refractivity contribution >= 4 is 0 Å². The predicted molar refractivity (Wildman–Crippen MR) is 46.3 cm³/mol. The van der Waals surface area contributed by atoms with Crippen LogP contribution in [0.4, 0.5) is 0 Å². The Kier molecular flexibility index (Phi) is 7.26. The summed E-state index contributed by atoms with van der Waals surface area (Å²) in [7, 11) is 0. The smallest absolute Gasteiger partial charge is 0.0874 e. The van der Waals surface area contributed by atoms with Crippen LogP contribution in [-0.2, 0) is 4.74 Å². The quantitative estimate of drug-likeness (QED) is 0.474. The second-order valence-corrected chi connectivity index (χ2v) is 2.62. The predicted octanol–water partition coefficient (Wildman–Crippen LogP) is 2.09. The molecule has 0 aliphatic heterocycles. The van der Waals surface area contributed by atoms with Crippen LogP contribution in [0.15, 0.2) is 11.8 Å². The molecule has 0 aliphatic rings. The highest BCUT2D eigenvalue weighted by atomic mass is 16.5. The number of ether oxygens (including phenoxy) is 1. The summed E-state index contributed by atoms with van der Waals surface area (Å²) in [5, 5.41) is 8.45. The highest BCUT2D eigenvalue weighted by Gasteiger charge is 1.86. The third kappa shape index (κ3) is 7.40. The van der Waals surface area contributed by atoms with Gasteiger partial charge in [-0.25, -0.2) is 0 Å². The first-order valence-corrected chi connectivity index (χ1v) is 4.19. The monoisotopic (exact) mass is 158 g/mol. The molecule has 0 spiro atoms. The number of rotatable bonds is 6. The Morgan fingerprint density at radius 3 is 2.73 bits per heavy atom. The minimum Gasteiger partial charge on any atom is -0.501 e. The van der Waals surface area contributed by atoms with Crippen LogP contribution >= 0.6 is 0 Å². The number of unbranched alkanes of at least 4 members (excludes halogenated alkanes) is 1. The highest BCUT2D eigenvalue weighted by molar-refractivity contribution is 4.90. The lowest BCUT2D eigenvalue weighted by Crippen LogP contribution is -1.91. The molecule has 0 aromatic heterocycles. The maximum Gasteiger partial charge on any atom is 0.0874 e. The van der Waals surface area contributed by atoms with E-state index >= 15 is 0 Å². The number of aliphatic hydroxyl groups excluding tert-OH is 1. The van der Waals surface area contributed by atoms with Crippen molar-refractivity contribution in [2.24, 2.45) is 0 Å². The van der Waals surface area contributed by atoms with Crippen molar-refractivity contribution in [3.05, 3.63) is 11.8 Å². The van der Waals surface area contributed by atoms with Gasteiger partial charge < -0.3 is 9.84 Å². The molecule has 0 aliphatic carbocycles. The molecule has 66 valence electrons. The Balaban J connectivity index is 3.12. The molecular formula is C9H18O2. The Labute approximate surface area is 68.9 Å². The molecule has 0 aromatic carbocycles. The Morgan fingerprint density at radius 1 is 1.45 bits per heavy atom. The van der Waals surface area contributed by atoms with Crippen LogP contribution in [0.3, 0.4) is 0 Å². The van der Waals surface area contributed by atoms with E-state index in [0.29, 0.717) is 0 Å². The van der Waals surface area contributed by atoms with Crippen molar-refractivity contribution in [3.63, 3.8) is 0 Å². The van der Waals surface area contributed by atoms with Gasteiger partial charge in [0, 0.05) is 6.61 Å². The third-order valence-corrected chi connectivity index (χ3v) is 1.51. The Morgan fingerprint density at radius 2 is 2.18 bits per heavy atom. The van der Waals surface area contributed by atoms with Gasteiger partial charge in [0.25, 0.3) is 0 Å². The fraction of sp³-hybridized carbons (Fsp3) is 0.778. The minimum atomic E-state index is 0.264. The molecule has 0 fully saturated rings. The topological polar surface area (TPSA) is 29.5 Å². The molecule has 0 bridgehead atoms. The molecule has 0 atom stereocenters. The minimum absolute atomic E-state index is 0.264. The van der Waals surface area contributed by atoms with Crippen molar-refractivity contribution in [1.29, 1.82) is 0 Å². The van der Waals surface area contributed by atoms with Crippen LogP contribution in [0.5, 0.6) is 0 Å². The SMILES string of the molecule is CCC(C)=COCCCCO. The lowest BCUT2D eigenvalue weighted by Gasteiger charge is -2.00. The van der Waals surface area contributed by atoms with Crippen LogP contribution in [0.1, 0.15) is 33.1 Å². The summed E-state index contributed by atoms with van der Waals surface area (Å²) in [5.41, 5.74) is 1.26. The summed E-state index contributed by atoms with van der Waals surface area (Å²) >= 11 is 0. The third-order valence-electron chi connectivity index (χ3n) is 1.51. The Hall–Kier alpha value is -0.500. The number of aliphatic hydroxyl groups is 1. The lowest BCUT2D eigenvalue weighted by molar-refractivity contribution is 0.217. The van der Waals surface area contributed by atoms with Crippen molar-refractivity contribution < 1.29 is 9.84 Å². The van der Waals surface area contributed by atoms with Gasteiger partial charge in [0.2, 0.25) is 0 Å². The van der Waals surface area contributed by atoms with Crippen LogP contribution in [-0.4, -0.2) is 18.3 Å². The lowest BCUT2D eigenvalue weighted by atomic mass is 10.3. The van der Waals surface area contributed by atoms with E-state index in [4.69, 9.17) is 9.84 Å². The molecule has 2 nitrogen and oxygen atoms in total. The van der Waals surface area contributed by atoms with E-state index in [0.717, 1.165) is 25.9 Å². The molecule has 0 rings (SSSR count). The first kappa shape index (κ1) is 10.5. The molecule has 0 saturated carbocycles. The van der Waals surface area contributed by atoms with Gasteiger partial charge in [-0.05, 0) is 31.8 Å². The van der Waals surface area contributed by atoms with Crippen molar-refractivity contribution in [2.45, 2.75) is 33.1 Å². The zero-order valence-electron chi connectivity index (χ0n) is 7.47. The second-order valence-electron chi connectivity index (χ2n) is 2.62. The largest absolute Gasteiger partial charge is 0.501 e. The van der Waals surface area contributed by atoms with E-state index in [1.165, 1.54) is 5.57 Å². The van der Waals surface area contributed by atoms with Gasteiger partial charge in [0.05, 0.1) is 12.9 Å². The summed E-state index contributed by atoms with van der Waals surface area (Å²) in [4.78, 5) is 0. The zero-order valence-corrected chi connectivity index (χ0v) is 7.47. The van der Waals surface area contributed by atoms with Gasteiger partial charge >= 0.3 is 0 Å². The van der Waals surface area contributed by atoms with E-state index in [9.17, 15) is 0 Å². The van der Waals surface area contributed by atoms with E-state index in [-0.39, 0.29) is 6.61 Å². The number of hydrogen-bond acceptors (Lipinski definition) is 2. The molecule has 1 N–H and O–H groups in total. The fourth-order valence-corrected chi connectivity index (χ4v) is 0.582. The van der Waals surface area contributed by atoms with Crippen LogP contribution in [0, 0.1) is 0 Å². The van der Waals surface area contributed by atoms with E-state index in [1.54, 1.807) is 6.26 Å². The van der Waals surface area contributed by atoms with Crippen LogP contribution in [0.2, 0.25) is 0 Å². The average Bonchev–Trinajstić information content (AvgIpc) is 2.04. The maximum absolute atomic E-state index is 8.45.